The van der Waals surface area contributed by atoms with E-state index in [0.717, 1.165) is 0 Å². The number of carbonyl (C=O) groups excluding carboxylic acids is 2. The van der Waals surface area contributed by atoms with Gasteiger partial charge < -0.3 is 10.1 Å². The van der Waals surface area contributed by atoms with Crippen LogP contribution in [0.4, 0.5) is 5.69 Å². The molecule has 0 unspecified atom stereocenters. The van der Waals surface area contributed by atoms with E-state index in [1.165, 1.54) is 0 Å². The normalized spacial score (nSPS) is 9.68. The zero-order chi connectivity index (χ0) is 13.5. The average Bonchev–Trinajstić information content (AvgIpc) is 2.47. The molecule has 0 saturated carbocycles. The lowest BCUT2D eigenvalue weighted by molar-refractivity contribution is -0.119. The molecule has 19 heavy (non-hydrogen) atoms. The summed E-state index contributed by atoms with van der Waals surface area (Å²) in [7, 11) is 0. The largest absolute Gasteiger partial charge is 0.452 e. The first-order chi connectivity index (χ1) is 9.25. The number of amides is 1. The van der Waals surface area contributed by atoms with E-state index in [9.17, 15) is 9.59 Å². The van der Waals surface area contributed by atoms with Gasteiger partial charge in [-0.15, -0.1) is 0 Å². The van der Waals surface area contributed by atoms with Crippen molar-refractivity contribution in [3.8, 4) is 0 Å². The predicted molar refractivity (Wildman–Crippen MR) is 71.8 cm³/mol. The van der Waals surface area contributed by atoms with Gasteiger partial charge in [0.25, 0.3) is 5.91 Å². The summed E-state index contributed by atoms with van der Waals surface area (Å²) in [5, 5.41) is 2.63. The molecule has 4 nitrogen and oxygen atoms in total. The summed E-state index contributed by atoms with van der Waals surface area (Å²) in [6.45, 7) is -0.303. The van der Waals surface area contributed by atoms with Crippen molar-refractivity contribution in [2.75, 3.05) is 11.9 Å². The third kappa shape index (κ3) is 3.96. The van der Waals surface area contributed by atoms with Gasteiger partial charge in [-0.3, -0.25) is 4.79 Å². The number of ether oxygens (including phenoxy) is 1. The second-order valence-corrected chi connectivity index (χ2v) is 3.86. The average molecular weight is 255 g/mol. The lowest BCUT2D eigenvalue weighted by Crippen LogP contribution is -2.20. The maximum absolute atomic E-state index is 11.6. The van der Waals surface area contributed by atoms with E-state index in [0.29, 0.717) is 11.3 Å². The van der Waals surface area contributed by atoms with Crippen molar-refractivity contribution in [1.29, 1.82) is 0 Å². The molecule has 0 aromatic heterocycles. The molecule has 0 atom stereocenters. The zero-order valence-electron chi connectivity index (χ0n) is 10.2. The number of anilines is 1. The van der Waals surface area contributed by atoms with Gasteiger partial charge in [0.15, 0.2) is 6.61 Å². The van der Waals surface area contributed by atoms with Gasteiger partial charge in [0.2, 0.25) is 0 Å². The van der Waals surface area contributed by atoms with Crippen molar-refractivity contribution in [3.63, 3.8) is 0 Å². The van der Waals surface area contributed by atoms with Crippen LogP contribution in [-0.2, 0) is 9.53 Å². The van der Waals surface area contributed by atoms with E-state index >= 15 is 0 Å². The topological polar surface area (TPSA) is 55.4 Å². The Morgan fingerprint density at radius 2 is 1.47 bits per heavy atom. The van der Waals surface area contributed by atoms with Crippen molar-refractivity contribution in [2.45, 2.75) is 0 Å². The molecule has 2 aromatic rings. The summed E-state index contributed by atoms with van der Waals surface area (Å²) >= 11 is 0. The highest BCUT2D eigenvalue weighted by molar-refractivity contribution is 5.95. The van der Waals surface area contributed by atoms with Crippen molar-refractivity contribution in [2.24, 2.45) is 0 Å². The molecule has 0 saturated heterocycles. The molecule has 96 valence electrons. The van der Waals surface area contributed by atoms with E-state index in [1.807, 2.05) is 18.2 Å². The van der Waals surface area contributed by atoms with Crippen LogP contribution in [0.1, 0.15) is 10.4 Å². The molecule has 4 heteroatoms. The Morgan fingerprint density at radius 1 is 0.895 bits per heavy atom. The van der Waals surface area contributed by atoms with E-state index in [-0.39, 0.29) is 12.5 Å². The molecule has 0 spiro atoms. The third-order valence-electron chi connectivity index (χ3n) is 2.40. The van der Waals surface area contributed by atoms with Crippen molar-refractivity contribution < 1.29 is 14.3 Å². The molecule has 0 bridgehead atoms. The maximum atomic E-state index is 11.6. The number of benzene rings is 2. The summed E-state index contributed by atoms with van der Waals surface area (Å²) in [6.07, 6.45) is 0. The monoisotopic (exact) mass is 255 g/mol. The molecule has 2 aromatic carbocycles. The predicted octanol–water partition coefficient (Wildman–Crippen LogP) is 2.48. The van der Waals surface area contributed by atoms with Crippen LogP contribution in [0.3, 0.4) is 0 Å². The number of hydrogen-bond donors (Lipinski definition) is 1. The molecule has 0 aliphatic rings. The molecule has 0 aliphatic heterocycles. The molecule has 0 fully saturated rings. The summed E-state index contributed by atoms with van der Waals surface area (Å²) in [5.41, 5.74) is 1.10. The summed E-state index contributed by atoms with van der Waals surface area (Å²) in [5.74, 6) is -0.876. The molecule has 2 rings (SSSR count). The fraction of sp³-hybridized carbons (Fsp3) is 0.0667. The van der Waals surface area contributed by atoms with Crippen LogP contribution < -0.4 is 5.32 Å². The van der Waals surface area contributed by atoms with E-state index in [1.54, 1.807) is 42.5 Å². The second kappa shape index (κ2) is 6.35. The van der Waals surface area contributed by atoms with Gasteiger partial charge >= 0.3 is 5.97 Å². The minimum atomic E-state index is -0.510. The third-order valence-corrected chi connectivity index (χ3v) is 2.40. The van der Waals surface area contributed by atoms with Gasteiger partial charge in [-0.25, -0.2) is 4.79 Å². The fourth-order valence-electron chi connectivity index (χ4n) is 1.51. The Balaban J connectivity index is 1.83. The second-order valence-electron chi connectivity index (χ2n) is 3.86. The summed E-state index contributed by atoms with van der Waals surface area (Å²) < 4.78 is 4.91. The van der Waals surface area contributed by atoms with Crippen LogP contribution in [0, 0.1) is 0 Å². The molecule has 0 heterocycles. The number of esters is 1. The Hall–Kier alpha value is -2.62. The van der Waals surface area contributed by atoms with Crippen molar-refractivity contribution in [1.82, 2.24) is 0 Å². The number of para-hydroxylation sites is 1. The van der Waals surface area contributed by atoms with Gasteiger partial charge in [-0.05, 0) is 24.3 Å². The molecular formula is C15H13NO3. The van der Waals surface area contributed by atoms with Crippen LogP contribution in [0.5, 0.6) is 0 Å². The summed E-state index contributed by atoms with van der Waals surface area (Å²) in [4.78, 5) is 23.2. The highest BCUT2D eigenvalue weighted by atomic mass is 16.5. The minimum Gasteiger partial charge on any atom is -0.452 e. The zero-order valence-corrected chi connectivity index (χ0v) is 10.2. The summed E-state index contributed by atoms with van der Waals surface area (Å²) in [6, 6.07) is 17.5. The lowest BCUT2D eigenvalue weighted by atomic mass is 10.2. The first-order valence-electron chi connectivity index (χ1n) is 5.83. The van der Waals surface area contributed by atoms with Gasteiger partial charge in [-0.2, -0.15) is 0 Å². The molecule has 1 N–H and O–H groups in total. The van der Waals surface area contributed by atoms with Gasteiger partial charge in [0, 0.05) is 5.69 Å². The van der Waals surface area contributed by atoms with Gasteiger partial charge in [0.1, 0.15) is 0 Å². The first kappa shape index (κ1) is 12.8. The standard InChI is InChI=1S/C15H13NO3/c17-14(16-13-9-5-2-6-10-13)11-19-15(18)12-7-3-1-4-8-12/h1-10H,11H2,(H,16,17). The number of hydrogen-bond acceptors (Lipinski definition) is 3. The fourth-order valence-corrected chi connectivity index (χ4v) is 1.51. The van der Waals surface area contributed by atoms with Gasteiger partial charge in [0.05, 0.1) is 5.56 Å². The Morgan fingerprint density at radius 3 is 2.11 bits per heavy atom. The van der Waals surface area contributed by atoms with E-state index in [2.05, 4.69) is 5.32 Å². The number of carbonyl (C=O) groups is 2. The lowest BCUT2D eigenvalue weighted by Gasteiger charge is -2.06. The van der Waals surface area contributed by atoms with Crippen molar-refractivity contribution in [3.05, 3.63) is 66.2 Å². The van der Waals surface area contributed by atoms with Crippen molar-refractivity contribution >= 4 is 17.6 Å². The molecule has 1 amide bonds. The highest BCUT2D eigenvalue weighted by Crippen LogP contribution is 2.05. The Labute approximate surface area is 111 Å². The highest BCUT2D eigenvalue weighted by Gasteiger charge is 2.09. The smallest absolute Gasteiger partial charge is 0.338 e. The minimum absolute atomic E-state index is 0.303. The molecular weight excluding hydrogens is 242 g/mol. The SMILES string of the molecule is O=C(COC(=O)c1ccccc1)Nc1ccccc1. The van der Waals surface area contributed by atoms with Crippen LogP contribution in [0.25, 0.3) is 0 Å². The Bertz CT molecular complexity index is 552. The quantitative estimate of drug-likeness (QED) is 0.854. The van der Waals surface area contributed by atoms with Crippen LogP contribution >= 0.6 is 0 Å². The van der Waals surface area contributed by atoms with E-state index < -0.39 is 5.97 Å². The van der Waals surface area contributed by atoms with Gasteiger partial charge in [-0.1, -0.05) is 36.4 Å². The Kier molecular flexibility index (Phi) is 4.29. The van der Waals surface area contributed by atoms with Crippen LogP contribution in [-0.4, -0.2) is 18.5 Å². The first-order valence-corrected chi connectivity index (χ1v) is 5.83. The van der Waals surface area contributed by atoms with E-state index in [4.69, 9.17) is 4.74 Å². The maximum Gasteiger partial charge on any atom is 0.338 e. The molecule has 0 aliphatic carbocycles. The molecule has 0 radical (unpaired) electrons. The number of nitrogens with one attached hydrogen (secondary N) is 1. The van der Waals surface area contributed by atoms with Crippen LogP contribution in [0.15, 0.2) is 60.7 Å². The van der Waals surface area contributed by atoms with Crippen LogP contribution in [0.2, 0.25) is 0 Å². The number of rotatable bonds is 4.